The molecule has 0 bridgehead atoms. The maximum atomic E-state index is 12.7. The average Bonchev–Trinajstić information content (AvgIpc) is 3.18. The number of nitrogens with zero attached hydrogens (tertiary/aromatic N) is 1. The van der Waals surface area contributed by atoms with Gasteiger partial charge in [0.15, 0.2) is 0 Å². The van der Waals surface area contributed by atoms with Gasteiger partial charge in [0.1, 0.15) is 0 Å². The molecule has 25 heavy (non-hydrogen) atoms. The molecule has 1 aliphatic rings. The fourth-order valence-electron chi connectivity index (χ4n) is 3.48. The third-order valence-electron chi connectivity index (χ3n) is 5.11. The molecule has 3 atom stereocenters. The van der Waals surface area contributed by atoms with Crippen molar-refractivity contribution in [2.24, 2.45) is 11.8 Å². The normalized spacial score (nSPS) is 20.6. The summed E-state index contributed by atoms with van der Waals surface area (Å²) in [6, 6.07) is 8.65. The SMILES string of the molecule is COCCOCCC(=O)N(C)[C@H](c1csc2ccccc12)[C@@H]1C[C@@H]1C. The quantitative estimate of drug-likeness (QED) is 0.631. The number of carbonyl (C=O) groups excluding carboxylic acids is 1. The van der Waals surface area contributed by atoms with Gasteiger partial charge in [0, 0.05) is 18.9 Å². The molecular weight excluding hydrogens is 334 g/mol. The van der Waals surface area contributed by atoms with Crippen molar-refractivity contribution in [1.82, 2.24) is 4.90 Å². The van der Waals surface area contributed by atoms with Gasteiger partial charge in [-0.05, 0) is 40.7 Å². The van der Waals surface area contributed by atoms with Crippen LogP contribution in [0.5, 0.6) is 0 Å². The lowest BCUT2D eigenvalue weighted by molar-refractivity contribution is -0.133. The zero-order chi connectivity index (χ0) is 17.8. The summed E-state index contributed by atoms with van der Waals surface area (Å²) in [6.45, 7) is 3.82. The van der Waals surface area contributed by atoms with Gasteiger partial charge in [-0.15, -0.1) is 11.3 Å². The zero-order valence-electron chi connectivity index (χ0n) is 15.2. The summed E-state index contributed by atoms with van der Waals surface area (Å²) in [5.41, 5.74) is 1.30. The van der Waals surface area contributed by atoms with E-state index in [0.717, 1.165) is 0 Å². The number of benzene rings is 1. The number of rotatable bonds is 9. The van der Waals surface area contributed by atoms with Crippen LogP contribution in [0.2, 0.25) is 0 Å². The number of hydrogen-bond donors (Lipinski definition) is 0. The van der Waals surface area contributed by atoms with Gasteiger partial charge in [0.2, 0.25) is 5.91 Å². The second kappa shape index (κ2) is 8.30. The van der Waals surface area contributed by atoms with Gasteiger partial charge in [-0.3, -0.25) is 4.79 Å². The molecule has 0 unspecified atom stereocenters. The van der Waals surface area contributed by atoms with Crippen LogP contribution >= 0.6 is 11.3 Å². The molecule has 1 aliphatic carbocycles. The molecule has 136 valence electrons. The molecule has 0 aliphatic heterocycles. The van der Waals surface area contributed by atoms with Crippen LogP contribution in [0.4, 0.5) is 0 Å². The van der Waals surface area contributed by atoms with Crippen molar-refractivity contribution in [1.29, 1.82) is 0 Å². The smallest absolute Gasteiger partial charge is 0.225 e. The first-order chi connectivity index (χ1) is 12.1. The molecule has 1 saturated carbocycles. The number of fused-ring (bicyclic) bond motifs is 1. The molecule has 1 heterocycles. The number of methoxy groups -OCH3 is 1. The summed E-state index contributed by atoms with van der Waals surface area (Å²) in [5.74, 6) is 1.38. The fourth-order valence-corrected chi connectivity index (χ4v) is 4.47. The van der Waals surface area contributed by atoms with Crippen molar-refractivity contribution < 1.29 is 14.3 Å². The van der Waals surface area contributed by atoms with Crippen LogP contribution in [0.25, 0.3) is 10.1 Å². The highest BCUT2D eigenvalue weighted by atomic mass is 32.1. The number of thiophene rings is 1. The lowest BCUT2D eigenvalue weighted by Crippen LogP contribution is -2.33. The van der Waals surface area contributed by atoms with Gasteiger partial charge in [-0.1, -0.05) is 25.1 Å². The highest BCUT2D eigenvalue weighted by Crippen LogP contribution is 2.51. The van der Waals surface area contributed by atoms with Crippen molar-refractivity contribution in [3.8, 4) is 0 Å². The van der Waals surface area contributed by atoms with Gasteiger partial charge in [-0.2, -0.15) is 0 Å². The Hall–Kier alpha value is -1.43. The Labute approximate surface area is 153 Å². The van der Waals surface area contributed by atoms with E-state index in [9.17, 15) is 4.79 Å². The molecule has 1 aromatic heterocycles. The zero-order valence-corrected chi connectivity index (χ0v) is 16.1. The van der Waals surface area contributed by atoms with E-state index >= 15 is 0 Å². The summed E-state index contributed by atoms with van der Waals surface area (Å²) in [6.07, 6.45) is 1.61. The van der Waals surface area contributed by atoms with Crippen LogP contribution < -0.4 is 0 Å². The van der Waals surface area contributed by atoms with Crippen molar-refractivity contribution in [3.05, 3.63) is 35.2 Å². The van der Waals surface area contributed by atoms with Crippen LogP contribution in [0.3, 0.4) is 0 Å². The van der Waals surface area contributed by atoms with E-state index in [1.54, 1.807) is 18.4 Å². The molecule has 1 amide bonds. The van der Waals surface area contributed by atoms with Gasteiger partial charge in [-0.25, -0.2) is 0 Å². The first-order valence-corrected chi connectivity index (χ1v) is 9.80. The highest BCUT2D eigenvalue weighted by molar-refractivity contribution is 7.17. The molecule has 0 saturated heterocycles. The standard InChI is InChI=1S/C20H27NO3S/c1-14-12-16(14)20(17-13-25-18-7-5-4-6-15(17)18)21(2)19(22)8-9-24-11-10-23-3/h4-7,13-14,16,20H,8-12H2,1-3H3/t14-,16+,20-/m0/s1. The number of ether oxygens (including phenoxy) is 2. The Bertz CT molecular complexity index is 714. The van der Waals surface area contributed by atoms with E-state index in [4.69, 9.17) is 9.47 Å². The minimum absolute atomic E-state index is 0.150. The Morgan fingerprint density at radius 1 is 1.32 bits per heavy atom. The third-order valence-corrected chi connectivity index (χ3v) is 6.09. The molecular formula is C20H27NO3S. The number of amides is 1. The first kappa shape index (κ1) is 18.4. The second-order valence-electron chi connectivity index (χ2n) is 6.87. The van der Waals surface area contributed by atoms with Crippen LogP contribution in [-0.2, 0) is 14.3 Å². The Balaban J connectivity index is 1.71. The summed E-state index contributed by atoms with van der Waals surface area (Å²) >= 11 is 1.77. The molecule has 2 aromatic rings. The first-order valence-electron chi connectivity index (χ1n) is 8.92. The van der Waals surface area contributed by atoms with E-state index in [-0.39, 0.29) is 11.9 Å². The molecule has 0 N–H and O–H groups in total. The summed E-state index contributed by atoms with van der Waals surface area (Å²) in [5, 5.41) is 3.52. The highest BCUT2D eigenvalue weighted by Gasteiger charge is 2.44. The molecule has 0 spiro atoms. The van der Waals surface area contributed by atoms with Gasteiger partial charge in [0.25, 0.3) is 0 Å². The molecule has 1 fully saturated rings. The lowest BCUT2D eigenvalue weighted by atomic mass is 9.98. The molecule has 3 rings (SSSR count). The third kappa shape index (κ3) is 4.22. The van der Waals surface area contributed by atoms with Crippen LogP contribution in [-0.4, -0.2) is 44.8 Å². The van der Waals surface area contributed by atoms with Crippen LogP contribution in [0, 0.1) is 11.8 Å². The lowest BCUT2D eigenvalue weighted by Gasteiger charge is -2.29. The maximum Gasteiger partial charge on any atom is 0.225 e. The average molecular weight is 362 g/mol. The minimum Gasteiger partial charge on any atom is -0.382 e. The van der Waals surface area contributed by atoms with Gasteiger partial charge < -0.3 is 14.4 Å². The predicted molar refractivity (Wildman–Crippen MR) is 102 cm³/mol. The summed E-state index contributed by atoms with van der Waals surface area (Å²) < 4.78 is 11.7. The van der Waals surface area contributed by atoms with E-state index in [1.807, 2.05) is 11.9 Å². The Kier molecular flexibility index (Phi) is 6.10. The van der Waals surface area contributed by atoms with Crippen molar-refractivity contribution in [2.45, 2.75) is 25.8 Å². The van der Waals surface area contributed by atoms with Crippen molar-refractivity contribution in [2.75, 3.05) is 34.0 Å². The maximum absolute atomic E-state index is 12.7. The Morgan fingerprint density at radius 3 is 2.80 bits per heavy atom. The molecule has 4 nitrogen and oxygen atoms in total. The second-order valence-corrected chi connectivity index (χ2v) is 7.78. The monoisotopic (exact) mass is 361 g/mol. The molecule has 0 radical (unpaired) electrons. The summed E-state index contributed by atoms with van der Waals surface area (Å²) in [7, 11) is 3.59. The number of hydrogen-bond acceptors (Lipinski definition) is 4. The van der Waals surface area contributed by atoms with E-state index in [2.05, 4.69) is 36.6 Å². The van der Waals surface area contributed by atoms with E-state index in [1.165, 1.54) is 22.1 Å². The van der Waals surface area contributed by atoms with Crippen LogP contribution in [0.1, 0.15) is 31.4 Å². The van der Waals surface area contributed by atoms with Crippen molar-refractivity contribution in [3.63, 3.8) is 0 Å². The van der Waals surface area contributed by atoms with Gasteiger partial charge >= 0.3 is 0 Å². The largest absolute Gasteiger partial charge is 0.382 e. The molecule has 1 aromatic carbocycles. The van der Waals surface area contributed by atoms with E-state index < -0.39 is 0 Å². The van der Waals surface area contributed by atoms with E-state index in [0.29, 0.717) is 38.1 Å². The van der Waals surface area contributed by atoms with Crippen molar-refractivity contribution >= 4 is 27.3 Å². The minimum atomic E-state index is 0.150. The number of carbonyl (C=O) groups is 1. The molecule has 5 heteroatoms. The van der Waals surface area contributed by atoms with Gasteiger partial charge in [0.05, 0.1) is 32.3 Å². The topological polar surface area (TPSA) is 38.8 Å². The predicted octanol–water partition coefficient (Wildman–Crippen LogP) is 4.11. The van der Waals surface area contributed by atoms with Crippen LogP contribution in [0.15, 0.2) is 29.6 Å². The summed E-state index contributed by atoms with van der Waals surface area (Å²) in [4.78, 5) is 14.7. The Morgan fingerprint density at radius 2 is 2.08 bits per heavy atom. The fraction of sp³-hybridized carbons (Fsp3) is 0.550.